The number of aromatic nitrogens is 2. The quantitative estimate of drug-likeness (QED) is 0.763. The smallest absolute Gasteiger partial charge is 0.258 e. The van der Waals surface area contributed by atoms with E-state index in [-0.39, 0.29) is 22.7 Å². The molecular formula is C16H11FN4O3. The first-order valence-corrected chi connectivity index (χ1v) is 6.84. The van der Waals surface area contributed by atoms with Crippen LogP contribution in [-0.4, -0.2) is 22.0 Å². The number of halogens is 1. The van der Waals surface area contributed by atoms with Gasteiger partial charge in [0.2, 0.25) is 5.88 Å². The molecule has 2 heterocycles. The molecule has 0 bridgehead atoms. The van der Waals surface area contributed by atoms with Crippen LogP contribution in [0.4, 0.5) is 10.3 Å². The molecule has 0 aliphatic rings. The Kier molecular flexibility index (Phi) is 4.02. The fourth-order valence-corrected chi connectivity index (χ4v) is 2.09. The Hall–Kier alpha value is -3.55. The highest BCUT2D eigenvalue weighted by molar-refractivity contribution is 6.09. The average molecular weight is 326 g/mol. The van der Waals surface area contributed by atoms with Crippen LogP contribution in [0.25, 0.3) is 11.4 Å². The molecule has 7 nitrogen and oxygen atoms in total. The Morgan fingerprint density at radius 1 is 1.17 bits per heavy atom. The van der Waals surface area contributed by atoms with Gasteiger partial charge in [-0.15, -0.1) is 0 Å². The SMILES string of the molecule is NC(=O)c1c(-c2ccccn2)noc1NC(=O)c1cccc(F)c1. The van der Waals surface area contributed by atoms with Gasteiger partial charge in [0.1, 0.15) is 17.1 Å². The van der Waals surface area contributed by atoms with E-state index in [9.17, 15) is 14.0 Å². The number of nitrogens with two attached hydrogens (primary N) is 1. The summed E-state index contributed by atoms with van der Waals surface area (Å²) in [5.74, 6) is -2.30. The van der Waals surface area contributed by atoms with E-state index in [4.69, 9.17) is 10.3 Å². The van der Waals surface area contributed by atoms with Gasteiger partial charge in [0.05, 0.1) is 5.69 Å². The average Bonchev–Trinajstić information content (AvgIpc) is 2.99. The summed E-state index contributed by atoms with van der Waals surface area (Å²) in [6, 6.07) is 10.1. The summed E-state index contributed by atoms with van der Waals surface area (Å²) in [6.07, 6.45) is 1.51. The first-order valence-electron chi connectivity index (χ1n) is 6.84. The van der Waals surface area contributed by atoms with Crippen LogP contribution in [0.3, 0.4) is 0 Å². The molecule has 3 N–H and O–H groups in total. The molecule has 0 unspecified atom stereocenters. The number of primary amides is 1. The number of nitrogens with zero attached hydrogens (tertiary/aromatic N) is 2. The molecule has 1 aromatic carbocycles. The van der Waals surface area contributed by atoms with Gasteiger partial charge in [-0.05, 0) is 30.3 Å². The van der Waals surface area contributed by atoms with E-state index >= 15 is 0 Å². The van der Waals surface area contributed by atoms with Crippen molar-refractivity contribution in [3.05, 3.63) is 65.6 Å². The molecule has 8 heteroatoms. The molecule has 3 rings (SSSR count). The van der Waals surface area contributed by atoms with Gasteiger partial charge in [-0.2, -0.15) is 0 Å². The van der Waals surface area contributed by atoms with E-state index in [0.29, 0.717) is 5.69 Å². The number of pyridine rings is 1. The Labute approximate surface area is 135 Å². The predicted octanol–water partition coefficient (Wildman–Crippen LogP) is 2.23. The van der Waals surface area contributed by atoms with Crippen molar-refractivity contribution in [2.24, 2.45) is 5.73 Å². The van der Waals surface area contributed by atoms with Gasteiger partial charge in [0, 0.05) is 11.8 Å². The number of anilines is 1. The molecule has 3 aromatic rings. The van der Waals surface area contributed by atoms with Crippen molar-refractivity contribution in [1.82, 2.24) is 10.1 Å². The molecule has 2 amide bonds. The van der Waals surface area contributed by atoms with Crippen molar-refractivity contribution in [2.75, 3.05) is 5.32 Å². The van der Waals surface area contributed by atoms with Gasteiger partial charge >= 0.3 is 0 Å². The van der Waals surface area contributed by atoms with Gasteiger partial charge in [-0.1, -0.05) is 17.3 Å². The van der Waals surface area contributed by atoms with E-state index < -0.39 is 17.6 Å². The number of hydrogen-bond acceptors (Lipinski definition) is 5. The predicted molar refractivity (Wildman–Crippen MR) is 82.6 cm³/mol. The third-order valence-corrected chi connectivity index (χ3v) is 3.16. The lowest BCUT2D eigenvalue weighted by Crippen LogP contribution is -2.17. The summed E-state index contributed by atoms with van der Waals surface area (Å²) in [4.78, 5) is 27.9. The molecule has 0 saturated carbocycles. The van der Waals surface area contributed by atoms with Crippen molar-refractivity contribution in [3.63, 3.8) is 0 Å². The second-order valence-electron chi connectivity index (χ2n) is 4.78. The lowest BCUT2D eigenvalue weighted by atomic mass is 10.1. The lowest BCUT2D eigenvalue weighted by Gasteiger charge is -2.03. The van der Waals surface area contributed by atoms with Crippen LogP contribution in [0, 0.1) is 5.82 Å². The van der Waals surface area contributed by atoms with Gasteiger partial charge < -0.3 is 10.3 Å². The minimum absolute atomic E-state index is 0.0567. The Balaban J connectivity index is 1.96. The van der Waals surface area contributed by atoms with Crippen molar-refractivity contribution >= 4 is 17.7 Å². The van der Waals surface area contributed by atoms with Crippen molar-refractivity contribution in [1.29, 1.82) is 0 Å². The largest absolute Gasteiger partial charge is 0.365 e. The number of nitrogens with one attached hydrogen (secondary N) is 1. The molecule has 120 valence electrons. The normalized spacial score (nSPS) is 10.4. The van der Waals surface area contributed by atoms with Crippen LogP contribution < -0.4 is 11.1 Å². The van der Waals surface area contributed by atoms with Crippen LogP contribution in [0.2, 0.25) is 0 Å². The topological polar surface area (TPSA) is 111 Å². The van der Waals surface area contributed by atoms with E-state index in [1.807, 2.05) is 0 Å². The Bertz CT molecular complexity index is 909. The van der Waals surface area contributed by atoms with Crippen LogP contribution >= 0.6 is 0 Å². The lowest BCUT2D eigenvalue weighted by molar-refractivity contribution is 0.100. The van der Waals surface area contributed by atoms with Crippen LogP contribution in [0.15, 0.2) is 53.2 Å². The first kappa shape index (κ1) is 15.3. The zero-order chi connectivity index (χ0) is 17.1. The van der Waals surface area contributed by atoms with Gasteiger partial charge in [0.25, 0.3) is 11.8 Å². The molecular weight excluding hydrogens is 315 g/mol. The van der Waals surface area contributed by atoms with Crippen LogP contribution in [0.5, 0.6) is 0 Å². The molecule has 24 heavy (non-hydrogen) atoms. The van der Waals surface area contributed by atoms with Crippen molar-refractivity contribution < 1.29 is 18.5 Å². The number of amides is 2. The van der Waals surface area contributed by atoms with Gasteiger partial charge in [0.15, 0.2) is 0 Å². The van der Waals surface area contributed by atoms with E-state index in [2.05, 4.69) is 15.5 Å². The minimum Gasteiger partial charge on any atom is -0.365 e. The third kappa shape index (κ3) is 2.98. The van der Waals surface area contributed by atoms with Gasteiger partial charge in [-0.25, -0.2) is 4.39 Å². The van der Waals surface area contributed by atoms with E-state index in [1.165, 1.54) is 24.4 Å². The summed E-state index contributed by atoms with van der Waals surface area (Å²) in [6.45, 7) is 0. The fourth-order valence-electron chi connectivity index (χ4n) is 2.09. The summed E-state index contributed by atoms with van der Waals surface area (Å²) in [5.41, 5.74) is 5.77. The molecule has 0 fully saturated rings. The number of benzene rings is 1. The van der Waals surface area contributed by atoms with Crippen molar-refractivity contribution in [3.8, 4) is 11.4 Å². The third-order valence-electron chi connectivity index (χ3n) is 3.16. The highest BCUT2D eigenvalue weighted by Crippen LogP contribution is 2.27. The summed E-state index contributed by atoms with van der Waals surface area (Å²) in [7, 11) is 0. The second-order valence-corrected chi connectivity index (χ2v) is 4.78. The monoisotopic (exact) mass is 326 g/mol. The van der Waals surface area contributed by atoms with E-state index in [1.54, 1.807) is 18.2 Å². The zero-order valence-corrected chi connectivity index (χ0v) is 12.2. The van der Waals surface area contributed by atoms with Gasteiger partial charge in [-0.3, -0.25) is 19.9 Å². The summed E-state index contributed by atoms with van der Waals surface area (Å²) >= 11 is 0. The number of carbonyl (C=O) groups excluding carboxylic acids is 2. The van der Waals surface area contributed by atoms with Crippen molar-refractivity contribution in [2.45, 2.75) is 0 Å². The summed E-state index contributed by atoms with van der Waals surface area (Å²) < 4.78 is 18.2. The molecule has 0 aliphatic carbocycles. The molecule has 0 radical (unpaired) electrons. The molecule has 2 aromatic heterocycles. The molecule has 0 atom stereocenters. The number of hydrogen-bond donors (Lipinski definition) is 2. The number of rotatable bonds is 4. The first-order chi connectivity index (χ1) is 11.6. The maximum absolute atomic E-state index is 13.2. The van der Waals surface area contributed by atoms with Crippen LogP contribution in [-0.2, 0) is 0 Å². The minimum atomic E-state index is -0.841. The van der Waals surface area contributed by atoms with E-state index in [0.717, 1.165) is 6.07 Å². The highest BCUT2D eigenvalue weighted by atomic mass is 19.1. The summed E-state index contributed by atoms with van der Waals surface area (Å²) in [5, 5.41) is 6.11. The maximum Gasteiger partial charge on any atom is 0.258 e. The molecule has 0 saturated heterocycles. The standard InChI is InChI=1S/C16H11FN4O3/c17-10-5-3-4-9(8-10)15(23)20-16-12(14(18)22)13(21-24-16)11-6-1-2-7-19-11/h1-8H,(H2,18,22)(H,20,23). The zero-order valence-electron chi connectivity index (χ0n) is 12.2. The maximum atomic E-state index is 13.2. The molecule has 0 spiro atoms. The number of carbonyl (C=O) groups is 2. The Morgan fingerprint density at radius 3 is 2.67 bits per heavy atom. The fraction of sp³-hybridized carbons (Fsp3) is 0. The highest BCUT2D eigenvalue weighted by Gasteiger charge is 2.24. The Morgan fingerprint density at radius 2 is 2.00 bits per heavy atom. The van der Waals surface area contributed by atoms with Crippen LogP contribution in [0.1, 0.15) is 20.7 Å². The molecule has 0 aliphatic heterocycles. The second kappa shape index (κ2) is 6.29.